The monoisotopic (exact) mass is 266 g/mol. The minimum atomic E-state index is 0.379. The fourth-order valence-corrected chi connectivity index (χ4v) is 4.08. The summed E-state index contributed by atoms with van der Waals surface area (Å²) >= 11 is 0. The normalized spacial score (nSPS) is 31.7. The summed E-state index contributed by atoms with van der Waals surface area (Å²) in [5, 5.41) is 13.2. The molecule has 1 atom stereocenters. The van der Waals surface area contributed by atoms with Gasteiger partial charge in [0.1, 0.15) is 0 Å². The molecule has 19 heavy (non-hydrogen) atoms. The standard InChI is InChI=1S/C16H30N2O/c19-11-14-4-3-9-18(10-14)13-16(7-1-2-8-16)12-17-15-5-6-15/h14-15,17,19H,1-13H2. The molecule has 1 aliphatic heterocycles. The Morgan fingerprint density at radius 1 is 1.11 bits per heavy atom. The highest BCUT2D eigenvalue weighted by Gasteiger charge is 2.37. The molecule has 0 aromatic carbocycles. The minimum absolute atomic E-state index is 0.379. The van der Waals surface area contributed by atoms with Gasteiger partial charge in [-0.3, -0.25) is 0 Å². The first kappa shape index (κ1) is 13.8. The molecule has 0 aromatic rings. The minimum Gasteiger partial charge on any atom is -0.396 e. The van der Waals surface area contributed by atoms with Crippen molar-refractivity contribution < 1.29 is 5.11 Å². The molecule has 0 radical (unpaired) electrons. The average molecular weight is 266 g/mol. The second kappa shape index (κ2) is 6.11. The first-order chi connectivity index (χ1) is 9.30. The van der Waals surface area contributed by atoms with Crippen molar-refractivity contribution in [1.82, 2.24) is 10.2 Å². The van der Waals surface area contributed by atoms with E-state index in [1.54, 1.807) is 0 Å². The maximum atomic E-state index is 9.38. The predicted octanol–water partition coefficient (Wildman–Crippen LogP) is 2.00. The van der Waals surface area contributed by atoms with Crippen LogP contribution in [0.25, 0.3) is 0 Å². The van der Waals surface area contributed by atoms with Gasteiger partial charge in [-0.2, -0.15) is 0 Å². The molecular weight excluding hydrogens is 236 g/mol. The summed E-state index contributed by atoms with van der Waals surface area (Å²) in [6.45, 7) is 5.26. The van der Waals surface area contributed by atoms with Gasteiger partial charge in [0.25, 0.3) is 0 Å². The third-order valence-corrected chi connectivity index (χ3v) is 5.43. The molecule has 1 unspecified atom stereocenters. The Kier molecular flexibility index (Phi) is 4.45. The molecule has 2 N–H and O–H groups in total. The van der Waals surface area contributed by atoms with Crippen LogP contribution in [-0.2, 0) is 0 Å². The van der Waals surface area contributed by atoms with Crippen LogP contribution in [-0.4, -0.2) is 48.8 Å². The Labute approximate surface area is 117 Å². The molecule has 3 rings (SSSR count). The number of hydrogen-bond acceptors (Lipinski definition) is 3. The van der Waals surface area contributed by atoms with Gasteiger partial charge >= 0.3 is 0 Å². The van der Waals surface area contributed by atoms with E-state index in [2.05, 4.69) is 10.2 Å². The highest BCUT2D eigenvalue weighted by atomic mass is 16.3. The Morgan fingerprint density at radius 2 is 1.89 bits per heavy atom. The van der Waals surface area contributed by atoms with Gasteiger partial charge in [-0.05, 0) is 56.4 Å². The summed E-state index contributed by atoms with van der Waals surface area (Å²) < 4.78 is 0. The lowest BCUT2D eigenvalue weighted by molar-refractivity contribution is 0.0785. The summed E-state index contributed by atoms with van der Waals surface area (Å²) in [5.41, 5.74) is 0.542. The number of nitrogens with zero attached hydrogens (tertiary/aromatic N) is 1. The van der Waals surface area contributed by atoms with Crippen molar-refractivity contribution in [1.29, 1.82) is 0 Å². The smallest absolute Gasteiger partial charge is 0.0471 e. The van der Waals surface area contributed by atoms with Crippen molar-refractivity contribution in [2.24, 2.45) is 11.3 Å². The van der Waals surface area contributed by atoms with Gasteiger partial charge in [-0.25, -0.2) is 0 Å². The molecule has 1 saturated heterocycles. The molecule has 3 fully saturated rings. The third-order valence-electron chi connectivity index (χ3n) is 5.43. The van der Waals surface area contributed by atoms with Crippen LogP contribution in [0.2, 0.25) is 0 Å². The van der Waals surface area contributed by atoms with Gasteiger partial charge in [0.15, 0.2) is 0 Å². The summed E-state index contributed by atoms with van der Waals surface area (Å²) in [5.74, 6) is 0.531. The van der Waals surface area contributed by atoms with Crippen molar-refractivity contribution in [3.8, 4) is 0 Å². The number of aliphatic hydroxyl groups excluding tert-OH is 1. The van der Waals surface area contributed by atoms with E-state index in [0.717, 1.165) is 12.6 Å². The molecule has 2 aliphatic carbocycles. The zero-order valence-electron chi connectivity index (χ0n) is 12.2. The number of aliphatic hydroxyl groups is 1. The number of hydrogen-bond donors (Lipinski definition) is 2. The van der Waals surface area contributed by atoms with E-state index >= 15 is 0 Å². The molecule has 0 bridgehead atoms. The quantitative estimate of drug-likeness (QED) is 0.772. The van der Waals surface area contributed by atoms with E-state index < -0.39 is 0 Å². The van der Waals surface area contributed by atoms with Crippen LogP contribution in [0.3, 0.4) is 0 Å². The highest BCUT2D eigenvalue weighted by Crippen LogP contribution is 2.39. The Morgan fingerprint density at radius 3 is 2.58 bits per heavy atom. The summed E-state index contributed by atoms with van der Waals surface area (Å²) in [6.07, 6.45) is 10.9. The van der Waals surface area contributed by atoms with E-state index in [-0.39, 0.29) is 0 Å². The van der Waals surface area contributed by atoms with E-state index in [1.165, 1.54) is 71.0 Å². The number of rotatable bonds is 6. The van der Waals surface area contributed by atoms with Crippen LogP contribution in [0, 0.1) is 11.3 Å². The fraction of sp³-hybridized carbons (Fsp3) is 1.00. The number of likely N-dealkylation sites (tertiary alicyclic amines) is 1. The van der Waals surface area contributed by atoms with Gasteiger partial charge in [0.05, 0.1) is 0 Å². The lowest BCUT2D eigenvalue weighted by Gasteiger charge is -2.39. The lowest BCUT2D eigenvalue weighted by Crippen LogP contribution is -2.47. The molecule has 0 amide bonds. The second-order valence-electron chi connectivity index (χ2n) is 7.29. The summed E-state index contributed by atoms with van der Waals surface area (Å²) in [6, 6.07) is 0.837. The van der Waals surface area contributed by atoms with Crippen molar-refractivity contribution in [3.05, 3.63) is 0 Å². The van der Waals surface area contributed by atoms with Crippen LogP contribution < -0.4 is 5.32 Å². The largest absolute Gasteiger partial charge is 0.396 e. The molecule has 2 saturated carbocycles. The van der Waals surface area contributed by atoms with Gasteiger partial charge < -0.3 is 15.3 Å². The molecule has 1 heterocycles. The first-order valence-electron chi connectivity index (χ1n) is 8.36. The van der Waals surface area contributed by atoms with E-state index in [1.807, 2.05) is 0 Å². The lowest BCUT2D eigenvalue weighted by atomic mass is 9.84. The zero-order chi connectivity index (χ0) is 13.1. The van der Waals surface area contributed by atoms with E-state index in [0.29, 0.717) is 17.9 Å². The van der Waals surface area contributed by atoms with E-state index in [9.17, 15) is 5.11 Å². The molecule has 3 aliphatic rings. The van der Waals surface area contributed by atoms with Gasteiger partial charge in [0, 0.05) is 32.3 Å². The van der Waals surface area contributed by atoms with Gasteiger partial charge in [-0.1, -0.05) is 12.8 Å². The number of piperidine rings is 1. The maximum absolute atomic E-state index is 9.38. The Bertz CT molecular complexity index is 284. The van der Waals surface area contributed by atoms with Gasteiger partial charge in [-0.15, -0.1) is 0 Å². The third kappa shape index (κ3) is 3.71. The van der Waals surface area contributed by atoms with Crippen molar-refractivity contribution >= 4 is 0 Å². The van der Waals surface area contributed by atoms with Crippen LogP contribution in [0.5, 0.6) is 0 Å². The molecule has 3 nitrogen and oxygen atoms in total. The van der Waals surface area contributed by atoms with Crippen molar-refractivity contribution in [3.63, 3.8) is 0 Å². The molecular formula is C16H30N2O. The SMILES string of the molecule is OCC1CCCN(CC2(CNC3CC3)CCCC2)C1. The van der Waals surface area contributed by atoms with Crippen molar-refractivity contribution in [2.75, 3.05) is 32.8 Å². The number of nitrogens with one attached hydrogen (secondary N) is 1. The van der Waals surface area contributed by atoms with E-state index in [4.69, 9.17) is 0 Å². The van der Waals surface area contributed by atoms with Crippen molar-refractivity contribution in [2.45, 2.75) is 57.4 Å². The van der Waals surface area contributed by atoms with Crippen LogP contribution in [0.15, 0.2) is 0 Å². The predicted molar refractivity (Wildman–Crippen MR) is 78.2 cm³/mol. The average Bonchev–Trinajstić information content (AvgIpc) is 3.17. The zero-order valence-corrected chi connectivity index (χ0v) is 12.2. The second-order valence-corrected chi connectivity index (χ2v) is 7.29. The van der Waals surface area contributed by atoms with Crippen LogP contribution in [0.4, 0.5) is 0 Å². The topological polar surface area (TPSA) is 35.5 Å². The Hall–Kier alpha value is -0.120. The first-order valence-corrected chi connectivity index (χ1v) is 8.36. The fourth-order valence-electron chi connectivity index (χ4n) is 4.08. The van der Waals surface area contributed by atoms with Crippen LogP contribution >= 0.6 is 0 Å². The Balaban J connectivity index is 1.53. The highest BCUT2D eigenvalue weighted by molar-refractivity contribution is 4.93. The van der Waals surface area contributed by atoms with Crippen LogP contribution in [0.1, 0.15) is 51.4 Å². The summed E-state index contributed by atoms with van der Waals surface area (Å²) in [7, 11) is 0. The summed E-state index contributed by atoms with van der Waals surface area (Å²) in [4.78, 5) is 2.64. The molecule has 110 valence electrons. The molecule has 0 spiro atoms. The molecule has 3 heteroatoms. The van der Waals surface area contributed by atoms with Gasteiger partial charge in [0.2, 0.25) is 0 Å². The molecule has 0 aromatic heterocycles. The maximum Gasteiger partial charge on any atom is 0.0471 e.